The number of nitrogens with zero attached hydrogens (tertiary/aromatic N) is 2. The van der Waals surface area contributed by atoms with E-state index in [1.54, 1.807) is 13.3 Å². The molecule has 6 heteroatoms. The van der Waals surface area contributed by atoms with Crippen molar-refractivity contribution >= 4 is 21.7 Å². The third-order valence-electron chi connectivity index (χ3n) is 3.39. The number of hydrogen-bond donors (Lipinski definition) is 1. The Bertz CT molecular complexity index is 422. The quantitative estimate of drug-likeness (QED) is 0.900. The van der Waals surface area contributed by atoms with Crippen LogP contribution in [-0.2, 0) is 15.1 Å². The fraction of sp³-hybridized carbons (Fsp3) is 0.692. The van der Waals surface area contributed by atoms with Crippen molar-refractivity contribution in [2.75, 3.05) is 32.2 Å². The molecular weight excluding hydrogens is 310 g/mol. The summed E-state index contributed by atoms with van der Waals surface area (Å²) in [5, 5.41) is 3.30. The van der Waals surface area contributed by atoms with Crippen molar-refractivity contribution in [3.63, 3.8) is 0 Å². The second-order valence-corrected chi connectivity index (χ2v) is 5.48. The lowest BCUT2D eigenvalue weighted by Crippen LogP contribution is -2.37. The summed E-state index contributed by atoms with van der Waals surface area (Å²) < 4.78 is 12.0. The van der Waals surface area contributed by atoms with Crippen LogP contribution in [0.15, 0.2) is 10.7 Å². The van der Waals surface area contributed by atoms with Gasteiger partial charge in [0.2, 0.25) is 0 Å². The maximum atomic E-state index is 5.72. The van der Waals surface area contributed by atoms with Crippen molar-refractivity contribution in [2.45, 2.75) is 31.8 Å². The second kappa shape index (κ2) is 6.63. The molecule has 1 saturated heterocycles. The first-order valence-electron chi connectivity index (χ1n) is 6.61. The van der Waals surface area contributed by atoms with E-state index in [1.165, 1.54) is 0 Å². The first-order chi connectivity index (χ1) is 9.22. The SMILES string of the molecule is CCCNc1nc(C2(OC)CCOCC2)ncc1Br. The third-order valence-corrected chi connectivity index (χ3v) is 3.97. The monoisotopic (exact) mass is 329 g/mol. The highest BCUT2D eigenvalue weighted by Gasteiger charge is 2.37. The minimum absolute atomic E-state index is 0.415. The topological polar surface area (TPSA) is 56.3 Å². The number of methoxy groups -OCH3 is 1. The molecule has 2 rings (SSSR count). The van der Waals surface area contributed by atoms with Gasteiger partial charge in [0.05, 0.1) is 4.47 Å². The fourth-order valence-electron chi connectivity index (χ4n) is 2.17. The number of halogens is 1. The number of nitrogens with one attached hydrogen (secondary N) is 1. The zero-order valence-electron chi connectivity index (χ0n) is 11.4. The van der Waals surface area contributed by atoms with Crippen LogP contribution in [0.1, 0.15) is 32.0 Å². The molecule has 0 aliphatic carbocycles. The van der Waals surface area contributed by atoms with E-state index in [-0.39, 0.29) is 0 Å². The van der Waals surface area contributed by atoms with Gasteiger partial charge in [0, 0.05) is 45.9 Å². The molecule has 1 fully saturated rings. The largest absolute Gasteiger partial charge is 0.381 e. The van der Waals surface area contributed by atoms with Gasteiger partial charge in [0.1, 0.15) is 11.4 Å². The summed E-state index contributed by atoms with van der Waals surface area (Å²) in [7, 11) is 1.72. The van der Waals surface area contributed by atoms with Gasteiger partial charge < -0.3 is 14.8 Å². The predicted octanol–water partition coefficient (Wildman–Crippen LogP) is 2.71. The van der Waals surface area contributed by atoms with E-state index in [4.69, 9.17) is 9.47 Å². The zero-order chi connectivity index (χ0) is 13.7. The van der Waals surface area contributed by atoms with Gasteiger partial charge in [0.15, 0.2) is 5.82 Å². The molecule has 0 bridgehead atoms. The summed E-state index contributed by atoms with van der Waals surface area (Å²) in [6, 6.07) is 0. The van der Waals surface area contributed by atoms with Crippen LogP contribution in [0.4, 0.5) is 5.82 Å². The van der Waals surface area contributed by atoms with Crippen molar-refractivity contribution in [2.24, 2.45) is 0 Å². The molecule has 1 aliphatic heterocycles. The Kier molecular flexibility index (Phi) is 5.13. The van der Waals surface area contributed by atoms with E-state index in [1.807, 2.05) is 0 Å². The normalized spacial score (nSPS) is 18.3. The second-order valence-electron chi connectivity index (χ2n) is 4.63. The standard InChI is InChI=1S/C13H20BrN3O2/c1-3-6-15-11-10(14)9-16-12(17-11)13(18-2)4-7-19-8-5-13/h9H,3-8H2,1-2H3,(H,15,16,17). The molecule has 1 N–H and O–H groups in total. The van der Waals surface area contributed by atoms with Gasteiger partial charge in [-0.1, -0.05) is 6.92 Å². The molecule has 1 aliphatic rings. The van der Waals surface area contributed by atoms with E-state index in [0.717, 1.165) is 41.9 Å². The van der Waals surface area contributed by atoms with Crippen LogP contribution in [0.3, 0.4) is 0 Å². The molecule has 0 amide bonds. The average molecular weight is 330 g/mol. The van der Waals surface area contributed by atoms with Crippen molar-refractivity contribution < 1.29 is 9.47 Å². The highest BCUT2D eigenvalue weighted by atomic mass is 79.9. The summed E-state index contributed by atoms with van der Waals surface area (Å²) in [4.78, 5) is 9.06. The molecule has 5 nitrogen and oxygen atoms in total. The molecule has 1 aromatic heterocycles. The van der Waals surface area contributed by atoms with Crippen LogP contribution in [0.25, 0.3) is 0 Å². The van der Waals surface area contributed by atoms with E-state index >= 15 is 0 Å². The maximum absolute atomic E-state index is 5.72. The summed E-state index contributed by atoms with van der Waals surface area (Å²) in [6.07, 6.45) is 4.42. The van der Waals surface area contributed by atoms with Gasteiger partial charge in [0.25, 0.3) is 0 Å². The molecule has 106 valence electrons. The Morgan fingerprint density at radius 2 is 2.21 bits per heavy atom. The zero-order valence-corrected chi connectivity index (χ0v) is 13.0. The van der Waals surface area contributed by atoms with Crippen molar-refractivity contribution in [3.8, 4) is 0 Å². The fourth-order valence-corrected chi connectivity index (χ4v) is 2.51. The van der Waals surface area contributed by atoms with E-state index in [0.29, 0.717) is 13.2 Å². The van der Waals surface area contributed by atoms with E-state index in [2.05, 4.69) is 38.1 Å². The molecule has 0 radical (unpaired) electrons. The minimum Gasteiger partial charge on any atom is -0.381 e. The molecule has 2 heterocycles. The van der Waals surface area contributed by atoms with Gasteiger partial charge in [-0.3, -0.25) is 0 Å². The van der Waals surface area contributed by atoms with E-state index < -0.39 is 5.60 Å². The van der Waals surface area contributed by atoms with E-state index in [9.17, 15) is 0 Å². The average Bonchev–Trinajstić information content (AvgIpc) is 2.47. The molecule has 0 atom stereocenters. The van der Waals surface area contributed by atoms with Crippen LogP contribution in [-0.4, -0.2) is 36.8 Å². The third kappa shape index (κ3) is 3.24. The van der Waals surface area contributed by atoms with Gasteiger partial charge in [-0.25, -0.2) is 9.97 Å². The lowest BCUT2D eigenvalue weighted by molar-refractivity contribution is -0.0999. The Labute approximate surface area is 122 Å². The smallest absolute Gasteiger partial charge is 0.162 e. The Hall–Kier alpha value is -0.720. The van der Waals surface area contributed by atoms with Crippen LogP contribution in [0.5, 0.6) is 0 Å². The highest BCUT2D eigenvalue weighted by molar-refractivity contribution is 9.10. The lowest BCUT2D eigenvalue weighted by atomic mass is 9.93. The van der Waals surface area contributed by atoms with Gasteiger partial charge >= 0.3 is 0 Å². The van der Waals surface area contributed by atoms with Crippen molar-refractivity contribution in [3.05, 3.63) is 16.5 Å². The molecule has 19 heavy (non-hydrogen) atoms. The number of ether oxygens (including phenoxy) is 2. The first-order valence-corrected chi connectivity index (χ1v) is 7.41. The van der Waals surface area contributed by atoms with Gasteiger partial charge in [-0.2, -0.15) is 0 Å². The number of rotatable bonds is 5. The molecular formula is C13H20BrN3O2. The maximum Gasteiger partial charge on any atom is 0.162 e. The van der Waals surface area contributed by atoms with Crippen molar-refractivity contribution in [1.29, 1.82) is 0 Å². The first kappa shape index (κ1) is 14.7. The van der Waals surface area contributed by atoms with Crippen LogP contribution in [0, 0.1) is 0 Å². The lowest BCUT2D eigenvalue weighted by Gasteiger charge is -2.34. The summed E-state index contributed by atoms with van der Waals surface area (Å²) in [6.45, 7) is 4.38. The van der Waals surface area contributed by atoms with Crippen LogP contribution < -0.4 is 5.32 Å². The Morgan fingerprint density at radius 3 is 2.84 bits per heavy atom. The van der Waals surface area contributed by atoms with Crippen LogP contribution in [0.2, 0.25) is 0 Å². The number of hydrogen-bond acceptors (Lipinski definition) is 5. The number of aromatic nitrogens is 2. The van der Waals surface area contributed by atoms with Crippen molar-refractivity contribution in [1.82, 2.24) is 9.97 Å². The molecule has 0 aromatic carbocycles. The summed E-state index contributed by atoms with van der Waals surface area (Å²) in [5.74, 6) is 1.56. The minimum atomic E-state index is -0.415. The summed E-state index contributed by atoms with van der Waals surface area (Å²) in [5.41, 5.74) is -0.415. The molecule has 0 spiro atoms. The predicted molar refractivity (Wildman–Crippen MR) is 77.3 cm³/mol. The van der Waals surface area contributed by atoms with Gasteiger partial charge in [-0.05, 0) is 22.4 Å². The molecule has 0 unspecified atom stereocenters. The van der Waals surface area contributed by atoms with Crippen LogP contribution >= 0.6 is 15.9 Å². The molecule has 1 aromatic rings. The number of anilines is 1. The highest BCUT2D eigenvalue weighted by Crippen LogP contribution is 2.34. The molecule has 0 saturated carbocycles. The Morgan fingerprint density at radius 1 is 1.47 bits per heavy atom. The summed E-state index contributed by atoms with van der Waals surface area (Å²) >= 11 is 3.47. The Balaban J connectivity index is 2.27. The van der Waals surface area contributed by atoms with Gasteiger partial charge in [-0.15, -0.1) is 0 Å².